The number of likely N-dealkylation sites (N-methyl/N-ethyl adjacent to an activating group) is 1. The number of nitrogens with one attached hydrogen (secondary N) is 1. The molecule has 1 aliphatic heterocycles. The maximum atomic E-state index is 11.0. The lowest BCUT2D eigenvalue weighted by atomic mass is 10.1. The summed E-state index contributed by atoms with van der Waals surface area (Å²) in [6, 6.07) is 0.0833. The van der Waals surface area contributed by atoms with Gasteiger partial charge in [-0.15, -0.1) is 0 Å². The van der Waals surface area contributed by atoms with Crippen LogP contribution in [0.1, 0.15) is 41.0 Å². The van der Waals surface area contributed by atoms with E-state index in [4.69, 9.17) is 4.74 Å². The molecule has 1 heterocycles. The Morgan fingerprint density at radius 3 is 2.24 bits per heavy atom. The first kappa shape index (κ1) is 25.5. The predicted molar refractivity (Wildman–Crippen MR) is 109 cm³/mol. The lowest BCUT2D eigenvalue weighted by Gasteiger charge is -2.14. The molecule has 2 unspecified atom stereocenters. The molecule has 0 aliphatic carbocycles. The molecule has 25 heavy (non-hydrogen) atoms. The number of nitrogens with zero attached hydrogens (tertiary/aromatic N) is 2. The van der Waals surface area contributed by atoms with E-state index >= 15 is 0 Å². The molecule has 5 heteroatoms. The number of hydrogen-bond acceptors (Lipinski definition) is 5. The topological polar surface area (TPSA) is 53.9 Å². The highest BCUT2D eigenvalue weighted by molar-refractivity contribution is 5.92. The normalized spacial score (nSPS) is 20.6. The first-order valence-electron chi connectivity index (χ1n) is 8.75. The second kappa shape index (κ2) is 15.8. The Labute approximate surface area is 154 Å². The van der Waals surface area contributed by atoms with Crippen molar-refractivity contribution in [3.8, 4) is 0 Å². The van der Waals surface area contributed by atoms with E-state index in [1.807, 2.05) is 40.9 Å². The standard InChI is InChI=1S/C10H16N2.C8H15NO2.C2H6/c1-5-9(3)7-11-8-12-10(4)6-2;1-6(10)8-4-7(11-3)5-9(8)2;1-2/h5-7,11H,1-2,8H2,3-4H3;7-8H,4-5H2,1-3H3;1-2H3/b9-7+,12-10+;;. The van der Waals surface area contributed by atoms with Crippen molar-refractivity contribution in [2.45, 2.75) is 53.2 Å². The second-order valence-electron chi connectivity index (χ2n) is 5.62. The summed E-state index contributed by atoms with van der Waals surface area (Å²) in [7, 11) is 3.66. The molecular weight excluding hydrogens is 314 g/mol. The van der Waals surface area contributed by atoms with E-state index in [9.17, 15) is 4.79 Å². The van der Waals surface area contributed by atoms with E-state index in [1.165, 1.54) is 0 Å². The number of allylic oxidation sites excluding steroid dienone is 3. The molecule has 1 rings (SSSR count). The van der Waals surface area contributed by atoms with Crippen molar-refractivity contribution in [2.24, 2.45) is 4.99 Å². The molecule has 144 valence electrons. The van der Waals surface area contributed by atoms with Crippen molar-refractivity contribution < 1.29 is 9.53 Å². The number of Topliss-reactive ketones (excluding diaryl/α,β-unsaturated/α-hetero) is 1. The highest BCUT2D eigenvalue weighted by Gasteiger charge is 2.31. The van der Waals surface area contributed by atoms with Gasteiger partial charge in [-0.1, -0.05) is 33.1 Å². The Hall–Kier alpha value is -1.72. The second-order valence-corrected chi connectivity index (χ2v) is 5.62. The number of carbonyl (C=O) groups is 1. The number of likely N-dealkylation sites (tertiary alicyclic amines) is 1. The zero-order valence-corrected chi connectivity index (χ0v) is 17.1. The molecular formula is C20H37N3O2. The van der Waals surface area contributed by atoms with Crippen LogP contribution in [-0.4, -0.2) is 55.9 Å². The molecule has 0 spiro atoms. The minimum absolute atomic E-state index is 0.0833. The molecule has 0 radical (unpaired) electrons. The maximum absolute atomic E-state index is 11.0. The van der Waals surface area contributed by atoms with Gasteiger partial charge < -0.3 is 10.1 Å². The Morgan fingerprint density at radius 2 is 1.88 bits per heavy atom. The fourth-order valence-electron chi connectivity index (χ4n) is 2.10. The first-order valence-corrected chi connectivity index (χ1v) is 8.75. The summed E-state index contributed by atoms with van der Waals surface area (Å²) >= 11 is 0. The fraction of sp³-hybridized carbons (Fsp3) is 0.600. The van der Waals surface area contributed by atoms with Gasteiger partial charge in [-0.25, -0.2) is 0 Å². The van der Waals surface area contributed by atoms with Crippen LogP contribution in [0.5, 0.6) is 0 Å². The third kappa shape index (κ3) is 12.3. The Morgan fingerprint density at radius 1 is 1.28 bits per heavy atom. The number of hydrogen-bond donors (Lipinski definition) is 1. The summed E-state index contributed by atoms with van der Waals surface area (Å²) in [5.74, 6) is 0.243. The first-order chi connectivity index (χ1) is 11.8. The van der Waals surface area contributed by atoms with Crippen molar-refractivity contribution in [1.29, 1.82) is 0 Å². The highest BCUT2D eigenvalue weighted by atomic mass is 16.5. The van der Waals surface area contributed by atoms with Gasteiger partial charge in [0.2, 0.25) is 0 Å². The van der Waals surface area contributed by atoms with Crippen molar-refractivity contribution in [1.82, 2.24) is 10.2 Å². The van der Waals surface area contributed by atoms with Gasteiger partial charge in [0, 0.05) is 25.6 Å². The Bertz CT molecular complexity index is 432. The average Bonchev–Trinajstić information content (AvgIpc) is 3.01. The van der Waals surface area contributed by atoms with Crippen molar-refractivity contribution in [3.63, 3.8) is 0 Å². The maximum Gasteiger partial charge on any atom is 0.146 e. The molecule has 2 atom stereocenters. The van der Waals surface area contributed by atoms with Crippen molar-refractivity contribution >= 4 is 11.5 Å². The summed E-state index contributed by atoms with van der Waals surface area (Å²) in [6.45, 7) is 18.2. The van der Waals surface area contributed by atoms with Gasteiger partial charge in [0.15, 0.2) is 0 Å². The molecule has 1 N–H and O–H groups in total. The number of ether oxygens (including phenoxy) is 1. The minimum Gasteiger partial charge on any atom is -0.380 e. The van der Waals surface area contributed by atoms with E-state index in [-0.39, 0.29) is 17.9 Å². The largest absolute Gasteiger partial charge is 0.380 e. The molecule has 0 aromatic rings. The Balaban J connectivity index is 0. The SMILES string of the molecule is C=C/C(C)=C/NC/N=C(\C)C=C.CC.COC1CC(C(C)=O)N(C)C1. The summed E-state index contributed by atoms with van der Waals surface area (Å²) in [4.78, 5) is 17.2. The molecule has 1 saturated heterocycles. The van der Waals surface area contributed by atoms with Crippen LogP contribution in [-0.2, 0) is 9.53 Å². The van der Waals surface area contributed by atoms with Gasteiger partial charge in [-0.05, 0) is 45.9 Å². The molecule has 1 aliphatic rings. The van der Waals surface area contributed by atoms with Gasteiger partial charge in [0.05, 0.1) is 12.1 Å². The van der Waals surface area contributed by atoms with Crippen molar-refractivity contribution in [3.05, 3.63) is 37.1 Å². The van der Waals surface area contributed by atoms with Crippen LogP contribution in [0.3, 0.4) is 0 Å². The number of rotatable bonds is 7. The number of carbonyl (C=O) groups excluding carboxylic acids is 1. The lowest BCUT2D eigenvalue weighted by molar-refractivity contribution is -0.120. The number of methoxy groups -OCH3 is 1. The third-order valence-electron chi connectivity index (χ3n) is 3.68. The number of ketones is 1. The zero-order valence-electron chi connectivity index (χ0n) is 17.1. The lowest BCUT2D eigenvalue weighted by Crippen LogP contribution is -2.30. The van der Waals surface area contributed by atoms with E-state index < -0.39 is 0 Å². The van der Waals surface area contributed by atoms with Gasteiger partial charge >= 0.3 is 0 Å². The summed E-state index contributed by atoms with van der Waals surface area (Å²) < 4.78 is 5.17. The summed E-state index contributed by atoms with van der Waals surface area (Å²) in [5, 5.41) is 3.03. The molecule has 5 nitrogen and oxygen atoms in total. The highest BCUT2D eigenvalue weighted by Crippen LogP contribution is 2.18. The van der Waals surface area contributed by atoms with Crippen LogP contribution in [0, 0.1) is 0 Å². The van der Waals surface area contributed by atoms with E-state index in [0.29, 0.717) is 6.67 Å². The summed E-state index contributed by atoms with van der Waals surface area (Å²) in [6.07, 6.45) is 6.49. The van der Waals surface area contributed by atoms with E-state index in [1.54, 1.807) is 26.2 Å². The van der Waals surface area contributed by atoms with Crippen LogP contribution in [0.15, 0.2) is 42.1 Å². The predicted octanol–water partition coefficient (Wildman–Crippen LogP) is 3.59. The van der Waals surface area contributed by atoms with Gasteiger partial charge in [-0.3, -0.25) is 14.7 Å². The van der Waals surface area contributed by atoms with Gasteiger partial charge in [0.1, 0.15) is 12.5 Å². The van der Waals surface area contributed by atoms with Crippen LogP contribution in [0.25, 0.3) is 0 Å². The van der Waals surface area contributed by atoms with Crippen molar-refractivity contribution in [2.75, 3.05) is 27.4 Å². The van der Waals surface area contributed by atoms with Gasteiger partial charge in [-0.2, -0.15) is 0 Å². The molecule has 0 bridgehead atoms. The van der Waals surface area contributed by atoms with Crippen LogP contribution < -0.4 is 5.32 Å². The molecule has 0 amide bonds. The third-order valence-corrected chi connectivity index (χ3v) is 3.68. The van der Waals surface area contributed by atoms with Gasteiger partial charge in [0.25, 0.3) is 0 Å². The smallest absolute Gasteiger partial charge is 0.146 e. The quantitative estimate of drug-likeness (QED) is 0.433. The van der Waals surface area contributed by atoms with Crippen LogP contribution in [0.4, 0.5) is 0 Å². The van der Waals surface area contributed by atoms with Crippen LogP contribution in [0.2, 0.25) is 0 Å². The summed E-state index contributed by atoms with van der Waals surface area (Å²) in [5.41, 5.74) is 2.04. The molecule has 0 aromatic heterocycles. The van der Waals surface area contributed by atoms with E-state index in [0.717, 1.165) is 24.3 Å². The molecule has 1 fully saturated rings. The molecule has 0 saturated carbocycles. The average molecular weight is 352 g/mol. The monoisotopic (exact) mass is 351 g/mol. The fourth-order valence-corrected chi connectivity index (χ4v) is 2.10. The van der Waals surface area contributed by atoms with Crippen LogP contribution >= 0.6 is 0 Å². The Kier molecular flexibility index (Phi) is 16.1. The van der Waals surface area contributed by atoms with E-state index in [2.05, 4.69) is 28.4 Å². The zero-order chi connectivity index (χ0) is 19.8. The molecule has 0 aromatic carbocycles. The number of aliphatic imine (C=N–C) groups is 1. The minimum atomic E-state index is 0.0833.